The number of hydrogen-bond donors (Lipinski definition) is 2. The summed E-state index contributed by atoms with van der Waals surface area (Å²) in [6, 6.07) is 13.2. The number of benzene rings is 2. The number of hydrogen-bond acceptors (Lipinski definition) is 8. The van der Waals surface area contributed by atoms with Crippen molar-refractivity contribution in [2.75, 3.05) is 11.1 Å². The van der Waals surface area contributed by atoms with Crippen LogP contribution in [0.5, 0.6) is 0 Å². The van der Waals surface area contributed by atoms with Crippen molar-refractivity contribution in [3.63, 3.8) is 0 Å². The molecule has 9 nitrogen and oxygen atoms in total. The molecule has 0 saturated heterocycles. The zero-order chi connectivity index (χ0) is 21.1. The SMILES string of the molecule is CCc1ccccc1Nc1nc(N)nc(Cn2nc(-c3ccc(F)cc3)oc2=O)n1. The molecule has 0 aliphatic carbocycles. The number of nitrogens with one attached hydrogen (secondary N) is 1. The summed E-state index contributed by atoms with van der Waals surface area (Å²) in [5, 5.41) is 7.26. The van der Waals surface area contributed by atoms with Gasteiger partial charge in [-0.05, 0) is 42.3 Å². The molecule has 0 spiro atoms. The van der Waals surface area contributed by atoms with Crippen molar-refractivity contribution in [1.29, 1.82) is 0 Å². The molecule has 0 unspecified atom stereocenters. The van der Waals surface area contributed by atoms with Crippen LogP contribution in [0.25, 0.3) is 11.5 Å². The van der Waals surface area contributed by atoms with E-state index in [4.69, 9.17) is 10.2 Å². The molecule has 30 heavy (non-hydrogen) atoms. The lowest BCUT2D eigenvalue weighted by molar-refractivity contribution is 0.491. The molecule has 2 aromatic carbocycles. The Balaban J connectivity index is 1.60. The van der Waals surface area contributed by atoms with E-state index in [1.54, 1.807) is 0 Å². The summed E-state index contributed by atoms with van der Waals surface area (Å²) in [6.45, 7) is 1.98. The van der Waals surface area contributed by atoms with Crippen LogP contribution in [0.4, 0.5) is 22.0 Å². The lowest BCUT2D eigenvalue weighted by Crippen LogP contribution is -2.19. The molecule has 0 bridgehead atoms. The third-order valence-electron chi connectivity index (χ3n) is 4.33. The van der Waals surface area contributed by atoms with Crippen molar-refractivity contribution in [3.05, 3.63) is 76.3 Å². The highest BCUT2D eigenvalue weighted by atomic mass is 19.1. The second-order valence-corrected chi connectivity index (χ2v) is 6.41. The van der Waals surface area contributed by atoms with Gasteiger partial charge in [-0.1, -0.05) is 25.1 Å². The molecule has 0 fully saturated rings. The van der Waals surface area contributed by atoms with Crippen molar-refractivity contribution in [3.8, 4) is 11.5 Å². The Morgan fingerprint density at radius 2 is 1.87 bits per heavy atom. The van der Waals surface area contributed by atoms with E-state index in [9.17, 15) is 9.18 Å². The van der Waals surface area contributed by atoms with Crippen LogP contribution in [-0.2, 0) is 13.0 Å². The molecule has 152 valence electrons. The van der Waals surface area contributed by atoms with Gasteiger partial charge in [0, 0.05) is 11.3 Å². The monoisotopic (exact) mass is 407 g/mol. The quantitative estimate of drug-likeness (QED) is 0.500. The molecule has 0 aliphatic heterocycles. The van der Waals surface area contributed by atoms with Crippen molar-refractivity contribution in [2.45, 2.75) is 19.9 Å². The van der Waals surface area contributed by atoms with E-state index < -0.39 is 11.6 Å². The standard InChI is InChI=1S/C20H18FN7O2/c1-2-12-5-3-4-6-15(12)23-19-25-16(24-18(22)26-19)11-28-20(29)30-17(27-28)13-7-9-14(21)10-8-13/h3-10H,2,11H2,1H3,(H3,22,23,24,25,26). The summed E-state index contributed by atoms with van der Waals surface area (Å²) >= 11 is 0. The number of nitrogens with zero attached hydrogens (tertiary/aromatic N) is 5. The number of nitrogens with two attached hydrogens (primary N) is 1. The lowest BCUT2D eigenvalue weighted by Gasteiger charge is -2.10. The van der Waals surface area contributed by atoms with Gasteiger partial charge >= 0.3 is 5.76 Å². The molecule has 0 atom stereocenters. The first kappa shape index (κ1) is 19.2. The van der Waals surface area contributed by atoms with Crippen LogP contribution >= 0.6 is 0 Å². The van der Waals surface area contributed by atoms with Gasteiger partial charge in [0.2, 0.25) is 17.8 Å². The highest BCUT2D eigenvalue weighted by Crippen LogP contribution is 2.20. The van der Waals surface area contributed by atoms with Crippen LogP contribution in [0.15, 0.2) is 57.7 Å². The van der Waals surface area contributed by atoms with E-state index in [0.717, 1.165) is 22.4 Å². The summed E-state index contributed by atoms with van der Waals surface area (Å²) in [7, 11) is 0. The van der Waals surface area contributed by atoms with Gasteiger partial charge in [-0.3, -0.25) is 0 Å². The zero-order valence-corrected chi connectivity index (χ0v) is 16.0. The van der Waals surface area contributed by atoms with E-state index in [1.807, 2.05) is 31.2 Å². The largest absolute Gasteiger partial charge is 0.437 e. The third kappa shape index (κ3) is 4.17. The molecule has 0 radical (unpaired) electrons. The summed E-state index contributed by atoms with van der Waals surface area (Å²) in [5.74, 6) is -0.525. The molecule has 2 heterocycles. The summed E-state index contributed by atoms with van der Waals surface area (Å²) in [4.78, 5) is 24.7. The van der Waals surface area contributed by atoms with Gasteiger partial charge in [0.1, 0.15) is 12.4 Å². The second-order valence-electron chi connectivity index (χ2n) is 6.41. The number of rotatable bonds is 6. The van der Waals surface area contributed by atoms with Crippen LogP contribution in [0.1, 0.15) is 18.3 Å². The second kappa shape index (κ2) is 8.11. The van der Waals surface area contributed by atoms with Crippen LogP contribution in [-0.4, -0.2) is 24.7 Å². The number of para-hydroxylation sites is 1. The highest BCUT2D eigenvalue weighted by Gasteiger charge is 2.14. The Hall–Kier alpha value is -4.08. The number of anilines is 3. The van der Waals surface area contributed by atoms with Gasteiger partial charge in [0.25, 0.3) is 0 Å². The molecule has 0 amide bonds. The molecular weight excluding hydrogens is 389 g/mol. The van der Waals surface area contributed by atoms with Gasteiger partial charge in [-0.25, -0.2) is 9.18 Å². The van der Waals surface area contributed by atoms with Crippen molar-refractivity contribution in [1.82, 2.24) is 24.7 Å². The van der Waals surface area contributed by atoms with Gasteiger partial charge < -0.3 is 15.5 Å². The maximum atomic E-state index is 13.1. The Kier molecular flexibility index (Phi) is 5.21. The number of halogens is 1. The third-order valence-corrected chi connectivity index (χ3v) is 4.33. The molecular formula is C20H18FN7O2. The van der Waals surface area contributed by atoms with Gasteiger partial charge in [0.15, 0.2) is 5.82 Å². The van der Waals surface area contributed by atoms with Crippen molar-refractivity contribution in [2.24, 2.45) is 0 Å². The first-order valence-corrected chi connectivity index (χ1v) is 9.21. The minimum absolute atomic E-state index is 0.00628. The van der Waals surface area contributed by atoms with Gasteiger partial charge in [0.05, 0.1) is 0 Å². The maximum absolute atomic E-state index is 13.1. The Labute approximate surface area is 170 Å². The van der Waals surface area contributed by atoms with Crippen LogP contribution in [0.2, 0.25) is 0 Å². The fourth-order valence-electron chi connectivity index (χ4n) is 2.88. The fraction of sp³-hybridized carbons (Fsp3) is 0.150. The summed E-state index contributed by atoms with van der Waals surface area (Å²) in [5.41, 5.74) is 8.24. The average molecular weight is 407 g/mol. The molecule has 4 rings (SSSR count). The summed E-state index contributed by atoms with van der Waals surface area (Å²) < 4.78 is 19.3. The fourth-order valence-corrected chi connectivity index (χ4v) is 2.88. The number of nitrogen functional groups attached to an aromatic ring is 1. The van der Waals surface area contributed by atoms with Gasteiger partial charge in [-0.2, -0.15) is 19.6 Å². The van der Waals surface area contributed by atoms with E-state index in [0.29, 0.717) is 5.56 Å². The smallest absolute Gasteiger partial charge is 0.388 e. The molecule has 10 heteroatoms. The number of aromatic nitrogens is 5. The van der Waals surface area contributed by atoms with Crippen molar-refractivity contribution >= 4 is 17.6 Å². The van der Waals surface area contributed by atoms with E-state index in [1.165, 1.54) is 24.3 Å². The average Bonchev–Trinajstić information content (AvgIpc) is 3.08. The predicted octanol–water partition coefficient (Wildman–Crippen LogP) is 2.76. The minimum atomic E-state index is -0.695. The van der Waals surface area contributed by atoms with E-state index >= 15 is 0 Å². The van der Waals surface area contributed by atoms with Crippen LogP contribution < -0.4 is 16.8 Å². The Morgan fingerprint density at radius 1 is 1.10 bits per heavy atom. The van der Waals surface area contributed by atoms with E-state index in [2.05, 4.69) is 25.4 Å². The number of aryl methyl sites for hydroxylation is 1. The first-order valence-electron chi connectivity index (χ1n) is 9.21. The molecule has 0 aliphatic rings. The zero-order valence-electron chi connectivity index (χ0n) is 16.0. The summed E-state index contributed by atoms with van der Waals surface area (Å²) in [6.07, 6.45) is 0.830. The Bertz CT molecular complexity index is 1230. The molecule has 2 aromatic heterocycles. The first-order chi connectivity index (χ1) is 14.5. The topological polar surface area (TPSA) is 125 Å². The highest BCUT2D eigenvalue weighted by molar-refractivity contribution is 5.58. The lowest BCUT2D eigenvalue weighted by atomic mass is 10.1. The predicted molar refractivity (Wildman–Crippen MR) is 109 cm³/mol. The van der Waals surface area contributed by atoms with E-state index in [-0.39, 0.29) is 30.2 Å². The molecule has 4 aromatic rings. The molecule has 3 N–H and O–H groups in total. The molecule has 0 saturated carbocycles. The van der Waals surface area contributed by atoms with Crippen LogP contribution in [0.3, 0.4) is 0 Å². The van der Waals surface area contributed by atoms with Crippen LogP contribution in [0, 0.1) is 5.82 Å². The normalized spacial score (nSPS) is 10.9. The maximum Gasteiger partial charge on any atom is 0.437 e. The minimum Gasteiger partial charge on any atom is -0.388 e. The van der Waals surface area contributed by atoms with Gasteiger partial charge in [-0.15, -0.1) is 5.10 Å². The van der Waals surface area contributed by atoms with Crippen molar-refractivity contribution < 1.29 is 8.81 Å². The Morgan fingerprint density at radius 3 is 2.63 bits per heavy atom.